The maximum absolute atomic E-state index is 13.7. The van der Waals surface area contributed by atoms with Crippen molar-refractivity contribution in [2.45, 2.75) is 19.4 Å². The van der Waals surface area contributed by atoms with Crippen molar-refractivity contribution in [2.24, 2.45) is 0 Å². The van der Waals surface area contributed by atoms with Crippen LogP contribution in [-0.4, -0.2) is 12.6 Å². The van der Waals surface area contributed by atoms with Crippen LogP contribution in [0.25, 0.3) is 0 Å². The molecule has 0 radical (unpaired) electrons. The predicted octanol–water partition coefficient (Wildman–Crippen LogP) is 4.20. The van der Waals surface area contributed by atoms with E-state index in [0.29, 0.717) is 17.3 Å². The molecule has 0 aliphatic carbocycles. The smallest absolute Gasteiger partial charge is 0.147 e. The third-order valence-corrected chi connectivity index (χ3v) is 3.64. The van der Waals surface area contributed by atoms with Crippen LogP contribution >= 0.6 is 11.6 Å². The second-order valence-corrected chi connectivity index (χ2v) is 5.50. The lowest BCUT2D eigenvalue weighted by molar-refractivity contribution is 0.246. The summed E-state index contributed by atoms with van der Waals surface area (Å²) >= 11 is 5.73. The lowest BCUT2D eigenvalue weighted by Crippen LogP contribution is -2.24. The zero-order valence-corrected chi connectivity index (χ0v) is 11.9. The molecule has 0 spiro atoms. The van der Waals surface area contributed by atoms with Crippen molar-refractivity contribution in [1.82, 2.24) is 0 Å². The van der Waals surface area contributed by atoms with Gasteiger partial charge in [-0.05, 0) is 36.8 Å². The molecule has 104 valence electrons. The van der Waals surface area contributed by atoms with Crippen molar-refractivity contribution in [1.29, 1.82) is 0 Å². The molecule has 4 heteroatoms. The van der Waals surface area contributed by atoms with Crippen molar-refractivity contribution in [3.63, 3.8) is 0 Å². The number of hydrogen-bond acceptors (Lipinski definition) is 2. The number of rotatable bonds is 3. The molecular formula is C16H15ClFNO. The quantitative estimate of drug-likeness (QED) is 0.915. The fourth-order valence-corrected chi connectivity index (χ4v) is 2.58. The van der Waals surface area contributed by atoms with Gasteiger partial charge < -0.3 is 10.1 Å². The van der Waals surface area contributed by atoms with Crippen LogP contribution in [-0.2, 0) is 6.42 Å². The summed E-state index contributed by atoms with van der Waals surface area (Å²) in [5.74, 6) is 0.586. The molecule has 0 saturated heterocycles. The molecule has 3 rings (SSSR count). The summed E-state index contributed by atoms with van der Waals surface area (Å²) in [4.78, 5) is 0. The summed E-state index contributed by atoms with van der Waals surface area (Å²) < 4.78 is 19.5. The van der Waals surface area contributed by atoms with Gasteiger partial charge in [-0.3, -0.25) is 0 Å². The maximum Gasteiger partial charge on any atom is 0.147 e. The fourth-order valence-electron chi connectivity index (χ4n) is 2.42. The Kier molecular flexibility index (Phi) is 3.53. The highest BCUT2D eigenvalue weighted by atomic mass is 35.5. The molecule has 2 aromatic rings. The van der Waals surface area contributed by atoms with E-state index in [1.165, 1.54) is 17.2 Å². The Balaban J connectivity index is 1.63. The molecule has 0 bridgehead atoms. The van der Waals surface area contributed by atoms with Crippen LogP contribution in [0.15, 0.2) is 36.4 Å². The fraction of sp³-hybridized carbons (Fsp3) is 0.250. The Morgan fingerprint density at radius 3 is 2.95 bits per heavy atom. The van der Waals surface area contributed by atoms with Crippen LogP contribution in [0.3, 0.4) is 0 Å². The van der Waals surface area contributed by atoms with E-state index in [0.717, 1.165) is 12.2 Å². The number of hydrogen-bond donors (Lipinski definition) is 1. The highest BCUT2D eigenvalue weighted by Crippen LogP contribution is 2.29. The Labute approximate surface area is 122 Å². The third kappa shape index (κ3) is 2.73. The first kappa shape index (κ1) is 13.3. The predicted molar refractivity (Wildman–Crippen MR) is 79.2 cm³/mol. The molecule has 1 aliphatic heterocycles. The number of ether oxygens (including phenoxy) is 1. The summed E-state index contributed by atoms with van der Waals surface area (Å²) in [6, 6.07) is 10.8. The van der Waals surface area contributed by atoms with Crippen LogP contribution in [0.4, 0.5) is 10.1 Å². The van der Waals surface area contributed by atoms with Gasteiger partial charge in [0.05, 0.1) is 12.2 Å². The molecule has 0 amide bonds. The highest BCUT2D eigenvalue weighted by molar-refractivity contribution is 6.30. The van der Waals surface area contributed by atoms with Gasteiger partial charge in [0.2, 0.25) is 0 Å². The molecule has 2 aromatic carbocycles. The standard InChI is InChI=1S/C16H15ClFNO/c1-10-2-5-16-11(6-10)7-13(20-16)9-19-15-4-3-12(17)8-14(15)18/h2-6,8,13,19H,7,9H2,1H3. The van der Waals surface area contributed by atoms with E-state index in [2.05, 4.69) is 18.3 Å². The number of nitrogens with one attached hydrogen (secondary N) is 1. The molecule has 0 fully saturated rings. The lowest BCUT2D eigenvalue weighted by Gasteiger charge is -2.13. The van der Waals surface area contributed by atoms with Gasteiger partial charge in [0, 0.05) is 11.4 Å². The molecule has 0 aromatic heterocycles. The zero-order valence-electron chi connectivity index (χ0n) is 11.1. The zero-order chi connectivity index (χ0) is 14.1. The molecular weight excluding hydrogens is 277 g/mol. The molecule has 1 N–H and O–H groups in total. The summed E-state index contributed by atoms with van der Waals surface area (Å²) in [6.45, 7) is 2.63. The average Bonchev–Trinajstić information content (AvgIpc) is 2.79. The van der Waals surface area contributed by atoms with Gasteiger partial charge in [-0.15, -0.1) is 0 Å². The summed E-state index contributed by atoms with van der Waals surface area (Å²) in [5.41, 5.74) is 2.89. The topological polar surface area (TPSA) is 21.3 Å². The SMILES string of the molecule is Cc1ccc2c(c1)CC(CNc1ccc(Cl)cc1F)O2. The van der Waals surface area contributed by atoms with E-state index >= 15 is 0 Å². The van der Waals surface area contributed by atoms with E-state index in [4.69, 9.17) is 16.3 Å². The second kappa shape index (κ2) is 5.33. The Hall–Kier alpha value is -1.74. The van der Waals surface area contributed by atoms with Crippen molar-refractivity contribution >= 4 is 17.3 Å². The molecule has 1 aliphatic rings. The minimum absolute atomic E-state index is 0.0295. The summed E-state index contributed by atoms with van der Waals surface area (Å²) in [6.07, 6.45) is 0.876. The highest BCUT2D eigenvalue weighted by Gasteiger charge is 2.22. The van der Waals surface area contributed by atoms with Crippen molar-refractivity contribution in [3.05, 3.63) is 58.4 Å². The number of anilines is 1. The molecule has 1 unspecified atom stereocenters. The Morgan fingerprint density at radius 2 is 2.15 bits per heavy atom. The monoisotopic (exact) mass is 291 g/mol. The van der Waals surface area contributed by atoms with Crippen LogP contribution in [0.5, 0.6) is 5.75 Å². The van der Waals surface area contributed by atoms with E-state index in [-0.39, 0.29) is 11.9 Å². The van der Waals surface area contributed by atoms with E-state index in [1.807, 2.05) is 12.1 Å². The van der Waals surface area contributed by atoms with Crippen molar-refractivity contribution < 1.29 is 9.13 Å². The number of halogens is 2. The van der Waals surface area contributed by atoms with Gasteiger partial charge in [0.1, 0.15) is 17.7 Å². The van der Waals surface area contributed by atoms with Crippen molar-refractivity contribution in [2.75, 3.05) is 11.9 Å². The van der Waals surface area contributed by atoms with E-state index < -0.39 is 0 Å². The van der Waals surface area contributed by atoms with E-state index in [9.17, 15) is 4.39 Å². The van der Waals surface area contributed by atoms with Crippen LogP contribution in [0.2, 0.25) is 5.02 Å². The third-order valence-electron chi connectivity index (χ3n) is 3.41. The largest absolute Gasteiger partial charge is 0.488 e. The molecule has 1 atom stereocenters. The normalized spacial score (nSPS) is 16.6. The van der Waals surface area contributed by atoms with Gasteiger partial charge in [0.15, 0.2) is 0 Å². The number of benzene rings is 2. The second-order valence-electron chi connectivity index (χ2n) is 5.06. The number of aryl methyl sites for hydroxylation is 1. The van der Waals surface area contributed by atoms with Gasteiger partial charge in [-0.2, -0.15) is 0 Å². The lowest BCUT2D eigenvalue weighted by atomic mass is 10.1. The minimum atomic E-state index is -0.344. The first-order chi connectivity index (χ1) is 9.61. The number of fused-ring (bicyclic) bond motifs is 1. The first-order valence-electron chi connectivity index (χ1n) is 6.57. The maximum atomic E-state index is 13.7. The van der Waals surface area contributed by atoms with E-state index in [1.54, 1.807) is 12.1 Å². The van der Waals surface area contributed by atoms with Gasteiger partial charge in [-0.1, -0.05) is 29.3 Å². The Morgan fingerprint density at radius 1 is 1.30 bits per heavy atom. The van der Waals surface area contributed by atoms with Crippen LogP contribution in [0.1, 0.15) is 11.1 Å². The average molecular weight is 292 g/mol. The minimum Gasteiger partial charge on any atom is -0.488 e. The molecule has 20 heavy (non-hydrogen) atoms. The molecule has 1 heterocycles. The van der Waals surface area contributed by atoms with Crippen LogP contribution < -0.4 is 10.1 Å². The first-order valence-corrected chi connectivity index (χ1v) is 6.95. The van der Waals surface area contributed by atoms with Gasteiger partial charge >= 0.3 is 0 Å². The molecule has 2 nitrogen and oxygen atoms in total. The van der Waals surface area contributed by atoms with Crippen molar-refractivity contribution in [3.8, 4) is 5.75 Å². The summed E-state index contributed by atoms with van der Waals surface area (Å²) in [7, 11) is 0. The summed E-state index contributed by atoms with van der Waals surface area (Å²) in [5, 5.41) is 3.47. The molecule has 0 saturated carbocycles. The van der Waals surface area contributed by atoms with Gasteiger partial charge in [-0.25, -0.2) is 4.39 Å². The van der Waals surface area contributed by atoms with Gasteiger partial charge in [0.25, 0.3) is 0 Å². The Bertz CT molecular complexity index is 644. The van der Waals surface area contributed by atoms with Crippen LogP contribution in [0, 0.1) is 12.7 Å².